The number of aromatic amines is 1. The van der Waals surface area contributed by atoms with Crippen LogP contribution in [0, 0.1) is 0 Å². The number of para-hydroxylation sites is 1. The first-order valence-electron chi connectivity index (χ1n) is 11.7. The molecule has 35 heavy (non-hydrogen) atoms. The molecule has 1 aliphatic rings. The highest BCUT2D eigenvalue weighted by Crippen LogP contribution is 2.19. The molecule has 1 aliphatic heterocycles. The highest BCUT2D eigenvalue weighted by Gasteiger charge is 2.33. The smallest absolute Gasteiger partial charge is 0.243 e. The predicted octanol–water partition coefficient (Wildman–Crippen LogP) is 1.08. The number of nitrogens with one attached hydrogen (secondary N) is 4. The van der Waals surface area contributed by atoms with Crippen molar-refractivity contribution in [3.05, 3.63) is 71.9 Å². The molecule has 3 aromatic rings. The average Bonchev–Trinajstić information content (AvgIpc) is 3.26. The third-order valence-corrected chi connectivity index (χ3v) is 6.27. The Balaban J connectivity index is 1.27. The second-order valence-corrected chi connectivity index (χ2v) is 8.77. The number of primary amides is 1. The number of aromatic nitrogens is 1. The van der Waals surface area contributed by atoms with E-state index < -0.39 is 29.9 Å². The number of nitrogens with two attached hydrogens (primary N) is 1. The number of piperazine rings is 1. The van der Waals surface area contributed by atoms with E-state index in [0.717, 1.165) is 22.0 Å². The highest BCUT2D eigenvalue weighted by molar-refractivity contribution is 5.97. The van der Waals surface area contributed by atoms with Gasteiger partial charge in [-0.05, 0) is 36.5 Å². The Morgan fingerprint density at radius 2 is 1.57 bits per heavy atom. The van der Waals surface area contributed by atoms with Crippen LogP contribution in [-0.2, 0) is 32.0 Å². The molecule has 9 nitrogen and oxygen atoms in total. The molecule has 4 amide bonds. The molecule has 0 aliphatic carbocycles. The van der Waals surface area contributed by atoms with Gasteiger partial charge in [-0.2, -0.15) is 0 Å². The molecule has 182 valence electrons. The van der Waals surface area contributed by atoms with E-state index in [1.54, 1.807) is 6.20 Å². The van der Waals surface area contributed by atoms with Gasteiger partial charge in [-0.1, -0.05) is 48.5 Å². The van der Waals surface area contributed by atoms with Gasteiger partial charge in [-0.15, -0.1) is 0 Å². The lowest BCUT2D eigenvalue weighted by atomic mass is 10.00. The number of amides is 4. The Hall–Kier alpha value is -4.14. The van der Waals surface area contributed by atoms with E-state index >= 15 is 0 Å². The van der Waals surface area contributed by atoms with Crippen molar-refractivity contribution in [2.75, 3.05) is 0 Å². The summed E-state index contributed by atoms with van der Waals surface area (Å²) in [7, 11) is 0. The molecule has 2 heterocycles. The van der Waals surface area contributed by atoms with Crippen LogP contribution >= 0.6 is 0 Å². The lowest BCUT2D eigenvalue weighted by Gasteiger charge is -2.29. The molecule has 1 fully saturated rings. The van der Waals surface area contributed by atoms with E-state index in [9.17, 15) is 19.2 Å². The zero-order valence-corrected chi connectivity index (χ0v) is 19.3. The highest BCUT2D eigenvalue weighted by atomic mass is 16.2. The molecule has 1 saturated heterocycles. The normalized spacial score (nSPS) is 18.5. The number of H-pyrrole nitrogens is 1. The maximum Gasteiger partial charge on any atom is 0.243 e. The summed E-state index contributed by atoms with van der Waals surface area (Å²) in [6.07, 6.45) is 3.27. The van der Waals surface area contributed by atoms with Crippen molar-refractivity contribution < 1.29 is 19.2 Å². The number of benzene rings is 2. The summed E-state index contributed by atoms with van der Waals surface area (Å²) in [5.41, 5.74) is 8.41. The maximum atomic E-state index is 12.5. The fourth-order valence-electron chi connectivity index (χ4n) is 4.32. The first kappa shape index (κ1) is 24.0. The van der Waals surface area contributed by atoms with E-state index in [1.165, 1.54) is 0 Å². The second-order valence-electron chi connectivity index (χ2n) is 8.77. The van der Waals surface area contributed by atoms with Gasteiger partial charge in [0.25, 0.3) is 0 Å². The molecular weight excluding hydrogens is 446 g/mol. The van der Waals surface area contributed by atoms with Crippen LogP contribution in [0.25, 0.3) is 10.9 Å². The fraction of sp³-hybridized carbons (Fsp3) is 0.308. The van der Waals surface area contributed by atoms with Gasteiger partial charge in [0.15, 0.2) is 0 Å². The SMILES string of the molecule is NC(=O)[C@@H](Cc1c[nH]c2ccccc12)NC(=O)CC[C@H]1NC(=O)[C@@H](CCc2ccccc2)NC1=O. The first-order valence-corrected chi connectivity index (χ1v) is 11.7. The van der Waals surface area contributed by atoms with Crippen LogP contribution < -0.4 is 21.7 Å². The molecule has 4 rings (SSSR count). The fourth-order valence-corrected chi connectivity index (χ4v) is 4.32. The van der Waals surface area contributed by atoms with Crippen molar-refractivity contribution in [1.29, 1.82) is 0 Å². The third kappa shape index (κ3) is 6.06. The summed E-state index contributed by atoms with van der Waals surface area (Å²) < 4.78 is 0. The standard InChI is InChI=1S/C26H29N5O4/c27-24(33)22(14-17-15-28-19-9-5-4-8-18(17)19)29-23(32)13-12-21-26(35)30-20(25(34)31-21)11-10-16-6-2-1-3-7-16/h1-9,15,20-22,28H,10-14H2,(H2,27,33)(H,29,32)(H,30,35)(H,31,34)/t20-,21-,22-/m1/s1. The van der Waals surface area contributed by atoms with Gasteiger partial charge in [-0.3, -0.25) is 19.2 Å². The van der Waals surface area contributed by atoms with Crippen LogP contribution in [-0.4, -0.2) is 46.7 Å². The lowest BCUT2D eigenvalue weighted by molar-refractivity contribution is -0.137. The second kappa shape index (κ2) is 10.9. The molecule has 9 heteroatoms. The summed E-state index contributed by atoms with van der Waals surface area (Å²) in [5, 5.41) is 9.08. The minimum absolute atomic E-state index is 0.0370. The van der Waals surface area contributed by atoms with Crippen LogP contribution in [0.5, 0.6) is 0 Å². The Kier molecular flexibility index (Phi) is 7.45. The van der Waals surface area contributed by atoms with Crippen LogP contribution in [0.3, 0.4) is 0 Å². The van der Waals surface area contributed by atoms with Crippen molar-refractivity contribution in [1.82, 2.24) is 20.9 Å². The first-order chi connectivity index (χ1) is 16.9. The molecular formula is C26H29N5O4. The van der Waals surface area contributed by atoms with Crippen LogP contribution in [0.1, 0.15) is 30.4 Å². The Morgan fingerprint density at radius 1 is 0.914 bits per heavy atom. The zero-order chi connectivity index (χ0) is 24.8. The molecule has 0 radical (unpaired) electrons. The van der Waals surface area contributed by atoms with Crippen molar-refractivity contribution in [2.45, 2.75) is 50.2 Å². The van der Waals surface area contributed by atoms with Gasteiger partial charge in [0.1, 0.15) is 18.1 Å². The summed E-state index contributed by atoms with van der Waals surface area (Å²) >= 11 is 0. The molecule has 0 unspecified atom stereocenters. The number of carbonyl (C=O) groups is 4. The Morgan fingerprint density at radius 3 is 2.29 bits per heavy atom. The monoisotopic (exact) mass is 475 g/mol. The number of carbonyl (C=O) groups excluding carboxylic acids is 4. The lowest BCUT2D eigenvalue weighted by Crippen LogP contribution is -2.61. The molecule has 2 aromatic carbocycles. The molecule has 0 spiro atoms. The third-order valence-electron chi connectivity index (χ3n) is 6.27. The van der Waals surface area contributed by atoms with E-state index in [-0.39, 0.29) is 31.1 Å². The summed E-state index contributed by atoms with van der Waals surface area (Å²) in [6, 6.07) is 15.1. The number of fused-ring (bicyclic) bond motifs is 1. The molecule has 6 N–H and O–H groups in total. The molecule has 0 saturated carbocycles. The number of hydrogen-bond acceptors (Lipinski definition) is 4. The van der Waals surface area contributed by atoms with Crippen LogP contribution in [0.2, 0.25) is 0 Å². The van der Waals surface area contributed by atoms with E-state index in [4.69, 9.17) is 5.73 Å². The van der Waals surface area contributed by atoms with E-state index in [0.29, 0.717) is 12.8 Å². The van der Waals surface area contributed by atoms with Gasteiger partial charge in [0.2, 0.25) is 23.6 Å². The minimum atomic E-state index is -0.890. The molecule has 3 atom stereocenters. The van der Waals surface area contributed by atoms with Gasteiger partial charge in [-0.25, -0.2) is 0 Å². The number of aryl methyl sites for hydroxylation is 1. The predicted molar refractivity (Wildman–Crippen MR) is 131 cm³/mol. The largest absolute Gasteiger partial charge is 0.368 e. The number of rotatable bonds is 10. The van der Waals surface area contributed by atoms with Crippen LogP contribution in [0.4, 0.5) is 0 Å². The zero-order valence-electron chi connectivity index (χ0n) is 19.3. The van der Waals surface area contributed by atoms with Crippen molar-refractivity contribution >= 4 is 34.5 Å². The maximum absolute atomic E-state index is 12.5. The van der Waals surface area contributed by atoms with Gasteiger partial charge < -0.3 is 26.7 Å². The van der Waals surface area contributed by atoms with Gasteiger partial charge >= 0.3 is 0 Å². The number of hydrogen-bond donors (Lipinski definition) is 5. The Labute approximate surface area is 202 Å². The average molecular weight is 476 g/mol. The van der Waals surface area contributed by atoms with Crippen molar-refractivity contribution in [3.63, 3.8) is 0 Å². The summed E-state index contributed by atoms with van der Waals surface area (Å²) in [6.45, 7) is 0. The topological polar surface area (TPSA) is 146 Å². The van der Waals surface area contributed by atoms with Gasteiger partial charge in [0.05, 0.1) is 0 Å². The van der Waals surface area contributed by atoms with Crippen molar-refractivity contribution in [3.8, 4) is 0 Å². The van der Waals surface area contributed by atoms with Crippen LogP contribution in [0.15, 0.2) is 60.8 Å². The Bertz CT molecular complexity index is 1220. The summed E-state index contributed by atoms with van der Waals surface area (Å²) in [5.74, 6) is -1.64. The summed E-state index contributed by atoms with van der Waals surface area (Å²) in [4.78, 5) is 52.6. The molecule has 1 aromatic heterocycles. The quantitative estimate of drug-likeness (QED) is 0.299. The van der Waals surface area contributed by atoms with Crippen molar-refractivity contribution in [2.24, 2.45) is 5.73 Å². The van der Waals surface area contributed by atoms with Gasteiger partial charge in [0, 0.05) is 29.9 Å². The molecule has 0 bridgehead atoms. The van der Waals surface area contributed by atoms with E-state index in [2.05, 4.69) is 20.9 Å². The van der Waals surface area contributed by atoms with E-state index in [1.807, 2.05) is 54.6 Å². The minimum Gasteiger partial charge on any atom is -0.368 e.